The van der Waals surface area contributed by atoms with Crippen molar-refractivity contribution >= 4 is 28.5 Å². The lowest BCUT2D eigenvalue weighted by Gasteiger charge is -2.11. The van der Waals surface area contributed by atoms with Gasteiger partial charge in [0.1, 0.15) is 5.58 Å². The number of hydrogen-bond acceptors (Lipinski definition) is 4. The van der Waals surface area contributed by atoms with Crippen LogP contribution in [0.1, 0.15) is 27.2 Å². The highest BCUT2D eigenvalue weighted by Gasteiger charge is 2.14. The second kappa shape index (κ2) is 7.45. The zero-order valence-corrected chi connectivity index (χ0v) is 15.4. The minimum atomic E-state index is -0.620. The molecule has 2 N–H and O–H groups in total. The fourth-order valence-electron chi connectivity index (χ4n) is 2.71. The van der Waals surface area contributed by atoms with Crippen LogP contribution in [0.3, 0.4) is 0 Å². The Kier molecular flexibility index (Phi) is 5.07. The van der Waals surface area contributed by atoms with Gasteiger partial charge in [0.2, 0.25) is 5.91 Å². The Morgan fingerprint density at radius 1 is 1.04 bits per heavy atom. The summed E-state index contributed by atoms with van der Waals surface area (Å²) in [7, 11) is 0. The van der Waals surface area contributed by atoms with Gasteiger partial charge < -0.3 is 15.1 Å². The van der Waals surface area contributed by atoms with E-state index in [1.54, 1.807) is 24.3 Å². The van der Waals surface area contributed by atoms with E-state index in [1.807, 2.05) is 32.9 Å². The first-order valence-corrected chi connectivity index (χ1v) is 8.54. The molecule has 138 valence electrons. The van der Waals surface area contributed by atoms with E-state index < -0.39 is 5.91 Å². The van der Waals surface area contributed by atoms with Crippen LogP contribution in [0.25, 0.3) is 11.0 Å². The molecule has 6 nitrogen and oxygen atoms in total. The summed E-state index contributed by atoms with van der Waals surface area (Å²) in [4.78, 5) is 36.6. The number of rotatable bonds is 4. The van der Waals surface area contributed by atoms with Gasteiger partial charge in [-0.3, -0.25) is 14.4 Å². The summed E-state index contributed by atoms with van der Waals surface area (Å²) in [5.74, 6) is -1.11. The largest absolute Gasteiger partial charge is 0.451 e. The summed E-state index contributed by atoms with van der Waals surface area (Å²) in [6, 6.07) is 11.9. The molecule has 2 aromatic carbocycles. The molecule has 3 rings (SSSR count). The van der Waals surface area contributed by atoms with Crippen molar-refractivity contribution in [2.75, 3.05) is 11.9 Å². The first kappa shape index (κ1) is 18.4. The molecule has 0 saturated heterocycles. The first-order chi connectivity index (χ1) is 12.8. The Balaban J connectivity index is 1.69. The van der Waals surface area contributed by atoms with Crippen LogP contribution in [0, 0.1) is 20.8 Å². The number of amides is 2. The van der Waals surface area contributed by atoms with Gasteiger partial charge in [0.25, 0.3) is 5.91 Å². The predicted octanol–water partition coefficient (Wildman–Crippen LogP) is 3.09. The topological polar surface area (TPSA) is 88.4 Å². The number of hydrogen-bond donors (Lipinski definition) is 2. The van der Waals surface area contributed by atoms with Crippen molar-refractivity contribution < 1.29 is 14.0 Å². The van der Waals surface area contributed by atoms with Crippen molar-refractivity contribution in [2.45, 2.75) is 20.8 Å². The number of benzene rings is 2. The van der Waals surface area contributed by atoms with Gasteiger partial charge in [-0.05, 0) is 50.1 Å². The van der Waals surface area contributed by atoms with Gasteiger partial charge >= 0.3 is 0 Å². The van der Waals surface area contributed by atoms with Crippen LogP contribution in [0.15, 0.2) is 51.7 Å². The van der Waals surface area contributed by atoms with Crippen LogP contribution in [0.5, 0.6) is 0 Å². The van der Waals surface area contributed by atoms with Crippen molar-refractivity contribution in [3.63, 3.8) is 0 Å². The zero-order valence-electron chi connectivity index (χ0n) is 15.4. The molecule has 6 heteroatoms. The molecule has 3 aromatic rings. The van der Waals surface area contributed by atoms with Crippen LogP contribution in [0.2, 0.25) is 0 Å². The normalized spacial score (nSPS) is 10.6. The summed E-state index contributed by atoms with van der Waals surface area (Å²) in [5, 5.41) is 5.65. The van der Waals surface area contributed by atoms with Crippen LogP contribution >= 0.6 is 0 Å². The lowest BCUT2D eigenvalue weighted by molar-refractivity contribution is -0.115. The maximum atomic E-state index is 12.3. The van der Waals surface area contributed by atoms with Crippen molar-refractivity contribution in [3.05, 3.63) is 75.1 Å². The first-order valence-electron chi connectivity index (χ1n) is 8.54. The standard InChI is InChI=1S/C21H20N2O4/c1-12-7-8-18-15(9-12)17(24)10-19(27-18)21(26)22-11-20(25)23-16-6-4-5-13(2)14(16)3/h4-10H,11H2,1-3H3,(H,22,26)(H,23,25). The molecule has 0 fully saturated rings. The zero-order chi connectivity index (χ0) is 19.6. The second-order valence-corrected chi connectivity index (χ2v) is 6.45. The Hall–Kier alpha value is -3.41. The number of anilines is 1. The molecule has 0 radical (unpaired) electrons. The van der Waals surface area contributed by atoms with Crippen molar-refractivity contribution in [2.24, 2.45) is 0 Å². The van der Waals surface area contributed by atoms with E-state index in [0.717, 1.165) is 22.8 Å². The van der Waals surface area contributed by atoms with Crippen LogP contribution in [0.4, 0.5) is 5.69 Å². The molecule has 0 aliphatic heterocycles. The van der Waals surface area contributed by atoms with E-state index in [0.29, 0.717) is 16.7 Å². The summed E-state index contributed by atoms with van der Waals surface area (Å²) < 4.78 is 5.50. The number of aryl methyl sites for hydroxylation is 2. The molecule has 0 unspecified atom stereocenters. The molecule has 2 amide bonds. The Labute approximate surface area is 156 Å². The number of fused-ring (bicyclic) bond motifs is 1. The lowest BCUT2D eigenvalue weighted by atomic mass is 10.1. The average molecular weight is 364 g/mol. The van der Waals surface area contributed by atoms with E-state index in [9.17, 15) is 14.4 Å². The molecule has 0 spiro atoms. The summed E-state index contributed by atoms with van der Waals surface area (Å²) in [6.07, 6.45) is 0. The van der Waals surface area contributed by atoms with E-state index in [2.05, 4.69) is 10.6 Å². The Morgan fingerprint density at radius 2 is 1.81 bits per heavy atom. The minimum absolute atomic E-state index is 0.129. The monoisotopic (exact) mass is 364 g/mol. The van der Waals surface area contributed by atoms with Gasteiger partial charge in [-0.25, -0.2) is 0 Å². The molecular formula is C21H20N2O4. The number of carbonyl (C=O) groups excluding carboxylic acids is 2. The number of nitrogens with one attached hydrogen (secondary N) is 2. The van der Waals surface area contributed by atoms with E-state index in [1.165, 1.54) is 0 Å². The van der Waals surface area contributed by atoms with Gasteiger partial charge in [0, 0.05) is 11.8 Å². The molecule has 1 aromatic heterocycles. The molecule has 27 heavy (non-hydrogen) atoms. The summed E-state index contributed by atoms with van der Waals surface area (Å²) >= 11 is 0. The molecule has 0 bridgehead atoms. The van der Waals surface area contributed by atoms with Gasteiger partial charge in [-0.2, -0.15) is 0 Å². The SMILES string of the molecule is Cc1ccc2oc(C(=O)NCC(=O)Nc3cccc(C)c3C)cc(=O)c2c1. The van der Waals surface area contributed by atoms with Crippen LogP contribution < -0.4 is 16.1 Å². The van der Waals surface area contributed by atoms with Gasteiger partial charge in [-0.1, -0.05) is 23.8 Å². The fraction of sp³-hybridized carbons (Fsp3) is 0.190. The van der Waals surface area contributed by atoms with Gasteiger partial charge in [0.15, 0.2) is 11.2 Å². The fourth-order valence-corrected chi connectivity index (χ4v) is 2.71. The predicted molar refractivity (Wildman–Crippen MR) is 104 cm³/mol. The molecular weight excluding hydrogens is 344 g/mol. The quantitative estimate of drug-likeness (QED) is 0.745. The Morgan fingerprint density at radius 3 is 2.59 bits per heavy atom. The highest BCUT2D eigenvalue weighted by Crippen LogP contribution is 2.17. The Bertz CT molecular complexity index is 1100. The van der Waals surface area contributed by atoms with E-state index in [4.69, 9.17) is 4.42 Å². The lowest BCUT2D eigenvalue weighted by Crippen LogP contribution is -2.33. The van der Waals surface area contributed by atoms with Gasteiger partial charge in [-0.15, -0.1) is 0 Å². The highest BCUT2D eigenvalue weighted by atomic mass is 16.3. The summed E-state index contributed by atoms with van der Waals surface area (Å²) in [6.45, 7) is 5.50. The third kappa shape index (κ3) is 4.06. The van der Waals surface area contributed by atoms with Crippen molar-refractivity contribution in [1.29, 1.82) is 0 Å². The van der Waals surface area contributed by atoms with Crippen LogP contribution in [-0.2, 0) is 4.79 Å². The highest BCUT2D eigenvalue weighted by molar-refractivity contribution is 5.99. The van der Waals surface area contributed by atoms with E-state index >= 15 is 0 Å². The van der Waals surface area contributed by atoms with Crippen LogP contribution in [-0.4, -0.2) is 18.4 Å². The third-order valence-corrected chi connectivity index (χ3v) is 4.39. The van der Waals surface area contributed by atoms with Crippen molar-refractivity contribution in [3.8, 4) is 0 Å². The molecule has 1 heterocycles. The smallest absolute Gasteiger partial charge is 0.287 e. The second-order valence-electron chi connectivity index (χ2n) is 6.45. The average Bonchev–Trinajstić information content (AvgIpc) is 2.64. The number of carbonyl (C=O) groups is 2. The van der Waals surface area contributed by atoms with Crippen molar-refractivity contribution in [1.82, 2.24) is 5.32 Å². The third-order valence-electron chi connectivity index (χ3n) is 4.39. The molecule has 0 aliphatic rings. The van der Waals surface area contributed by atoms with Gasteiger partial charge in [0.05, 0.1) is 11.9 Å². The maximum absolute atomic E-state index is 12.3. The maximum Gasteiger partial charge on any atom is 0.287 e. The molecule has 0 aliphatic carbocycles. The summed E-state index contributed by atoms with van der Waals surface area (Å²) in [5.41, 5.74) is 3.68. The minimum Gasteiger partial charge on any atom is -0.451 e. The molecule has 0 saturated carbocycles. The van der Waals surface area contributed by atoms with E-state index in [-0.39, 0.29) is 23.6 Å². The molecule has 0 atom stereocenters.